The Morgan fingerprint density at radius 3 is 2.67 bits per heavy atom. The van der Waals surface area contributed by atoms with Gasteiger partial charge in [0.1, 0.15) is 5.82 Å². The van der Waals surface area contributed by atoms with Crippen molar-refractivity contribution in [1.82, 2.24) is 5.32 Å². The molecule has 2 heterocycles. The Morgan fingerprint density at radius 2 is 1.95 bits per heavy atom. The van der Waals surface area contributed by atoms with Gasteiger partial charge in [-0.15, -0.1) is 22.7 Å². The number of hydrogen-bond acceptors (Lipinski definition) is 3. The Hall–Kier alpha value is -1.23. The first-order valence-corrected chi connectivity index (χ1v) is 8.90. The minimum absolute atomic E-state index is 0.173. The highest BCUT2D eigenvalue weighted by atomic mass is 32.1. The molecule has 1 nitrogen and oxygen atoms in total. The van der Waals surface area contributed by atoms with Crippen molar-refractivity contribution in [2.45, 2.75) is 25.8 Å². The van der Waals surface area contributed by atoms with E-state index in [0.29, 0.717) is 6.04 Å². The van der Waals surface area contributed by atoms with Gasteiger partial charge in [-0.05, 0) is 54.6 Å². The third kappa shape index (κ3) is 3.51. The first-order chi connectivity index (χ1) is 10.3. The molecule has 0 aliphatic carbocycles. The summed E-state index contributed by atoms with van der Waals surface area (Å²) in [5.41, 5.74) is 1.17. The van der Waals surface area contributed by atoms with Crippen LogP contribution in [0.3, 0.4) is 0 Å². The molecule has 2 aromatic heterocycles. The van der Waals surface area contributed by atoms with Crippen LogP contribution in [0.4, 0.5) is 4.39 Å². The lowest BCUT2D eigenvalue weighted by molar-refractivity contribution is 0.536. The highest BCUT2D eigenvalue weighted by Gasteiger charge is 2.15. The van der Waals surface area contributed by atoms with Crippen LogP contribution in [-0.4, -0.2) is 6.54 Å². The highest BCUT2D eigenvalue weighted by molar-refractivity contribution is 7.26. The number of benzene rings is 1. The summed E-state index contributed by atoms with van der Waals surface area (Å²) in [7, 11) is 0. The average Bonchev–Trinajstić information content (AvgIpc) is 3.06. The minimum Gasteiger partial charge on any atom is -0.309 e. The maximum Gasteiger partial charge on any atom is 0.123 e. The Labute approximate surface area is 132 Å². The molecule has 0 spiro atoms. The Morgan fingerprint density at radius 1 is 1.14 bits per heavy atom. The van der Waals surface area contributed by atoms with Gasteiger partial charge in [0.05, 0.1) is 0 Å². The van der Waals surface area contributed by atoms with E-state index in [4.69, 9.17) is 0 Å². The quantitative estimate of drug-likeness (QED) is 0.642. The summed E-state index contributed by atoms with van der Waals surface area (Å²) in [5.74, 6) is -0.173. The second-order valence-electron chi connectivity index (χ2n) is 5.14. The van der Waals surface area contributed by atoms with E-state index in [2.05, 4.69) is 29.8 Å². The molecule has 1 N–H and O–H groups in total. The first kappa shape index (κ1) is 14.7. The number of rotatable bonds is 6. The van der Waals surface area contributed by atoms with Crippen molar-refractivity contribution in [3.8, 4) is 0 Å². The molecule has 0 saturated heterocycles. The second kappa shape index (κ2) is 6.69. The number of halogens is 1. The molecule has 3 rings (SSSR count). The van der Waals surface area contributed by atoms with Gasteiger partial charge in [-0.1, -0.05) is 19.1 Å². The van der Waals surface area contributed by atoms with Crippen molar-refractivity contribution < 1.29 is 4.39 Å². The topological polar surface area (TPSA) is 12.0 Å². The zero-order valence-corrected chi connectivity index (χ0v) is 13.6. The van der Waals surface area contributed by atoms with Gasteiger partial charge in [-0.3, -0.25) is 0 Å². The maximum atomic E-state index is 13.0. The fourth-order valence-corrected chi connectivity index (χ4v) is 4.60. The van der Waals surface area contributed by atoms with Crippen LogP contribution >= 0.6 is 22.7 Å². The minimum atomic E-state index is -0.173. The van der Waals surface area contributed by atoms with Gasteiger partial charge in [-0.25, -0.2) is 4.39 Å². The average molecular weight is 319 g/mol. The van der Waals surface area contributed by atoms with Crippen LogP contribution in [0, 0.1) is 5.82 Å². The van der Waals surface area contributed by atoms with Crippen LogP contribution in [0.2, 0.25) is 0 Å². The van der Waals surface area contributed by atoms with E-state index in [9.17, 15) is 4.39 Å². The standard InChI is InChI=1S/C17H18FNS2/c1-2-8-19-14(10-12-3-5-13(18)6-4-12)16-11-17-15(21-16)7-9-20-17/h3-7,9,11,14,19H,2,8,10H2,1H3. The summed E-state index contributed by atoms with van der Waals surface area (Å²) in [5, 5.41) is 5.76. The van der Waals surface area contributed by atoms with Crippen molar-refractivity contribution in [3.05, 3.63) is 58.0 Å². The molecule has 0 aliphatic heterocycles. The third-order valence-corrected chi connectivity index (χ3v) is 5.70. The zero-order valence-electron chi connectivity index (χ0n) is 11.9. The Balaban J connectivity index is 1.82. The van der Waals surface area contributed by atoms with Gasteiger partial charge in [0.15, 0.2) is 0 Å². The van der Waals surface area contributed by atoms with Crippen molar-refractivity contribution in [1.29, 1.82) is 0 Å². The predicted molar refractivity (Wildman–Crippen MR) is 90.8 cm³/mol. The fraction of sp³-hybridized carbons (Fsp3) is 0.294. The first-order valence-electron chi connectivity index (χ1n) is 7.21. The van der Waals surface area contributed by atoms with Crippen molar-refractivity contribution in [3.63, 3.8) is 0 Å². The van der Waals surface area contributed by atoms with Gasteiger partial charge in [-0.2, -0.15) is 0 Å². The van der Waals surface area contributed by atoms with Gasteiger partial charge in [0, 0.05) is 20.3 Å². The molecule has 1 atom stereocenters. The summed E-state index contributed by atoms with van der Waals surface area (Å²) in [6.45, 7) is 3.17. The normalized spacial score (nSPS) is 12.9. The molecule has 0 amide bonds. The van der Waals surface area contributed by atoms with Crippen molar-refractivity contribution in [2.75, 3.05) is 6.54 Å². The fourth-order valence-electron chi connectivity index (χ4n) is 2.40. The lowest BCUT2D eigenvalue weighted by Crippen LogP contribution is -2.23. The molecule has 3 aromatic rings. The summed E-state index contributed by atoms with van der Waals surface area (Å²) in [6.07, 6.45) is 2.01. The molecule has 0 bridgehead atoms. The molecule has 21 heavy (non-hydrogen) atoms. The summed E-state index contributed by atoms with van der Waals surface area (Å²) >= 11 is 3.65. The molecule has 0 saturated carbocycles. The lowest BCUT2D eigenvalue weighted by Gasteiger charge is -2.17. The van der Waals surface area contributed by atoms with E-state index in [1.54, 1.807) is 23.5 Å². The van der Waals surface area contributed by atoms with Crippen LogP contribution in [-0.2, 0) is 6.42 Å². The smallest absolute Gasteiger partial charge is 0.123 e. The van der Waals surface area contributed by atoms with Gasteiger partial charge in [0.25, 0.3) is 0 Å². The highest BCUT2D eigenvalue weighted by Crippen LogP contribution is 2.34. The monoisotopic (exact) mass is 319 g/mol. The van der Waals surface area contributed by atoms with Crippen LogP contribution in [0.5, 0.6) is 0 Å². The molecule has 1 aromatic carbocycles. The molecule has 0 radical (unpaired) electrons. The molecule has 0 aliphatic rings. The van der Waals surface area contributed by atoms with Gasteiger partial charge >= 0.3 is 0 Å². The summed E-state index contributed by atoms with van der Waals surface area (Å²) < 4.78 is 15.8. The van der Waals surface area contributed by atoms with E-state index in [0.717, 1.165) is 19.4 Å². The van der Waals surface area contributed by atoms with E-state index < -0.39 is 0 Å². The molecular formula is C17H18FNS2. The number of thiophene rings is 2. The van der Waals surface area contributed by atoms with E-state index in [-0.39, 0.29) is 5.82 Å². The van der Waals surface area contributed by atoms with Gasteiger partial charge < -0.3 is 5.32 Å². The van der Waals surface area contributed by atoms with Crippen LogP contribution in [0.15, 0.2) is 41.8 Å². The number of fused-ring (bicyclic) bond motifs is 1. The Kier molecular flexibility index (Phi) is 4.68. The molecule has 110 valence electrons. The summed E-state index contributed by atoms with van der Waals surface area (Å²) in [4.78, 5) is 1.37. The van der Waals surface area contributed by atoms with E-state index in [1.807, 2.05) is 23.5 Å². The molecule has 4 heteroatoms. The van der Waals surface area contributed by atoms with E-state index >= 15 is 0 Å². The number of hydrogen-bond donors (Lipinski definition) is 1. The molecular weight excluding hydrogens is 301 g/mol. The molecule has 1 unspecified atom stereocenters. The second-order valence-corrected chi connectivity index (χ2v) is 7.20. The van der Waals surface area contributed by atoms with E-state index in [1.165, 1.54) is 19.8 Å². The van der Waals surface area contributed by atoms with Gasteiger partial charge in [0.2, 0.25) is 0 Å². The van der Waals surface area contributed by atoms with Crippen LogP contribution in [0.25, 0.3) is 9.40 Å². The number of nitrogens with one attached hydrogen (secondary N) is 1. The van der Waals surface area contributed by atoms with Crippen LogP contribution < -0.4 is 5.32 Å². The molecule has 0 fully saturated rings. The SMILES string of the molecule is CCCNC(Cc1ccc(F)cc1)c1cc2sccc2s1. The van der Waals surface area contributed by atoms with Crippen LogP contribution in [0.1, 0.15) is 29.8 Å². The van der Waals surface area contributed by atoms with Crippen molar-refractivity contribution >= 4 is 32.1 Å². The summed E-state index contributed by atoms with van der Waals surface area (Å²) in [6, 6.07) is 11.6. The zero-order chi connectivity index (χ0) is 14.7. The maximum absolute atomic E-state index is 13.0. The lowest BCUT2D eigenvalue weighted by atomic mass is 10.0. The predicted octanol–water partition coefficient (Wildman–Crippen LogP) is 5.39. The largest absolute Gasteiger partial charge is 0.309 e. The third-order valence-electron chi connectivity index (χ3n) is 3.50. The Bertz CT molecular complexity index is 670. The van der Waals surface area contributed by atoms with Crippen molar-refractivity contribution in [2.24, 2.45) is 0 Å².